The third-order valence-corrected chi connectivity index (χ3v) is 6.18. The summed E-state index contributed by atoms with van der Waals surface area (Å²) in [6, 6.07) is 10.0. The predicted octanol–water partition coefficient (Wildman–Crippen LogP) is 2.28. The number of thiazole rings is 1. The lowest BCUT2D eigenvalue weighted by Crippen LogP contribution is -2.47. The summed E-state index contributed by atoms with van der Waals surface area (Å²) in [6.07, 6.45) is 1.58. The highest BCUT2D eigenvalue weighted by Gasteiger charge is 2.25. The molecule has 0 aliphatic carbocycles. The van der Waals surface area contributed by atoms with E-state index in [0.29, 0.717) is 25.3 Å². The van der Waals surface area contributed by atoms with Gasteiger partial charge in [-0.1, -0.05) is 30.3 Å². The smallest absolute Gasteiger partial charge is 0.341 e. The molecule has 2 aromatic heterocycles. The molecule has 1 aromatic carbocycles. The van der Waals surface area contributed by atoms with Gasteiger partial charge in [-0.25, -0.2) is 14.5 Å². The Hall–Kier alpha value is -2.59. The van der Waals surface area contributed by atoms with Crippen molar-refractivity contribution in [2.75, 3.05) is 45.9 Å². The molecule has 1 fully saturated rings. The van der Waals surface area contributed by atoms with Crippen molar-refractivity contribution in [2.24, 2.45) is 0 Å². The van der Waals surface area contributed by atoms with Crippen LogP contribution in [-0.2, 0) is 11.3 Å². The molecule has 1 aliphatic rings. The molecule has 3 aromatic rings. The summed E-state index contributed by atoms with van der Waals surface area (Å²) in [5, 5.41) is 16.4. The number of aliphatic hydroxyl groups excluding tert-OH is 1. The molecule has 0 atom stereocenters. The molecule has 0 amide bonds. The van der Waals surface area contributed by atoms with Crippen molar-refractivity contribution < 1.29 is 14.6 Å². The zero-order valence-electron chi connectivity index (χ0n) is 17.6. The van der Waals surface area contributed by atoms with E-state index in [0.717, 1.165) is 48.3 Å². The summed E-state index contributed by atoms with van der Waals surface area (Å²) in [7, 11) is 0. The highest BCUT2D eigenvalue weighted by atomic mass is 32.1. The number of esters is 1. The van der Waals surface area contributed by atoms with Crippen molar-refractivity contribution in [3.8, 4) is 16.4 Å². The summed E-state index contributed by atoms with van der Waals surface area (Å²) in [6.45, 7) is 7.07. The van der Waals surface area contributed by atoms with E-state index in [4.69, 9.17) is 14.8 Å². The first-order valence-electron chi connectivity index (χ1n) is 10.5. The monoisotopic (exact) mass is 441 g/mol. The minimum atomic E-state index is -0.359. The minimum Gasteiger partial charge on any atom is -0.462 e. The predicted molar refractivity (Wildman–Crippen MR) is 119 cm³/mol. The summed E-state index contributed by atoms with van der Waals surface area (Å²) >= 11 is 1.50. The molecule has 164 valence electrons. The molecule has 3 heterocycles. The van der Waals surface area contributed by atoms with Crippen LogP contribution in [0.3, 0.4) is 0 Å². The number of carbonyl (C=O) groups is 1. The first-order valence-corrected chi connectivity index (χ1v) is 11.4. The molecule has 31 heavy (non-hydrogen) atoms. The van der Waals surface area contributed by atoms with Crippen LogP contribution in [0.15, 0.2) is 41.9 Å². The van der Waals surface area contributed by atoms with E-state index >= 15 is 0 Å². The van der Waals surface area contributed by atoms with Gasteiger partial charge in [0.25, 0.3) is 0 Å². The van der Waals surface area contributed by atoms with Gasteiger partial charge in [-0.05, 0) is 6.92 Å². The molecule has 0 unspecified atom stereocenters. The van der Waals surface area contributed by atoms with E-state index in [-0.39, 0.29) is 12.6 Å². The molecule has 0 saturated carbocycles. The number of benzene rings is 1. The standard InChI is InChI=1S/C22H27N5O3S/c1-2-30-21(29)18-14-23-27(20(18)15-26-10-8-25(9-11-26)12-13-28)22-24-19(16-31-22)17-6-4-3-5-7-17/h3-7,14,16,28H,2,8-13,15H2,1H3. The van der Waals surface area contributed by atoms with E-state index in [1.54, 1.807) is 17.8 Å². The first-order chi connectivity index (χ1) is 15.2. The van der Waals surface area contributed by atoms with E-state index in [1.807, 2.05) is 35.7 Å². The van der Waals surface area contributed by atoms with Crippen molar-refractivity contribution in [3.63, 3.8) is 0 Å². The molecule has 0 bridgehead atoms. The number of hydrogen-bond donors (Lipinski definition) is 1. The quantitative estimate of drug-likeness (QED) is 0.537. The van der Waals surface area contributed by atoms with Gasteiger partial charge in [-0.2, -0.15) is 5.10 Å². The average Bonchev–Trinajstić information content (AvgIpc) is 3.43. The SMILES string of the molecule is CCOC(=O)c1cnn(-c2nc(-c3ccccc3)cs2)c1CN1CCN(CCO)CC1. The molecule has 8 nitrogen and oxygen atoms in total. The highest BCUT2D eigenvalue weighted by Crippen LogP contribution is 2.26. The van der Waals surface area contributed by atoms with Crippen LogP contribution in [0.4, 0.5) is 0 Å². The van der Waals surface area contributed by atoms with Crippen LogP contribution in [0.2, 0.25) is 0 Å². The van der Waals surface area contributed by atoms with Crippen LogP contribution in [0, 0.1) is 0 Å². The Balaban J connectivity index is 1.60. The average molecular weight is 442 g/mol. The number of nitrogens with zero attached hydrogens (tertiary/aromatic N) is 5. The lowest BCUT2D eigenvalue weighted by atomic mass is 10.2. The minimum absolute atomic E-state index is 0.174. The Kier molecular flexibility index (Phi) is 7.08. The Morgan fingerprint density at radius 2 is 1.90 bits per heavy atom. The molecule has 0 radical (unpaired) electrons. The van der Waals surface area contributed by atoms with Crippen molar-refractivity contribution >= 4 is 17.3 Å². The van der Waals surface area contributed by atoms with E-state index in [1.165, 1.54) is 11.3 Å². The maximum Gasteiger partial charge on any atom is 0.341 e. The van der Waals surface area contributed by atoms with Crippen molar-refractivity contribution in [1.82, 2.24) is 24.6 Å². The number of ether oxygens (including phenoxy) is 1. The van der Waals surface area contributed by atoms with Crippen LogP contribution in [0.25, 0.3) is 16.4 Å². The van der Waals surface area contributed by atoms with Crippen molar-refractivity contribution in [2.45, 2.75) is 13.5 Å². The second-order valence-electron chi connectivity index (χ2n) is 7.36. The number of piperazine rings is 1. The highest BCUT2D eigenvalue weighted by molar-refractivity contribution is 7.12. The second kappa shape index (κ2) is 10.1. The van der Waals surface area contributed by atoms with Crippen LogP contribution in [0.1, 0.15) is 23.0 Å². The zero-order chi connectivity index (χ0) is 21.6. The fourth-order valence-corrected chi connectivity index (χ4v) is 4.51. The number of aromatic nitrogens is 3. The van der Waals surface area contributed by atoms with Gasteiger partial charge >= 0.3 is 5.97 Å². The van der Waals surface area contributed by atoms with Crippen molar-refractivity contribution in [1.29, 1.82) is 0 Å². The van der Waals surface area contributed by atoms with E-state index in [9.17, 15) is 4.79 Å². The topological polar surface area (TPSA) is 83.7 Å². The Labute approximate surface area is 185 Å². The normalized spacial score (nSPS) is 15.3. The Morgan fingerprint density at radius 1 is 1.16 bits per heavy atom. The van der Waals surface area contributed by atoms with Crippen LogP contribution < -0.4 is 0 Å². The molecule has 9 heteroatoms. The molecular weight excluding hydrogens is 414 g/mol. The largest absolute Gasteiger partial charge is 0.462 e. The zero-order valence-corrected chi connectivity index (χ0v) is 18.4. The molecule has 1 N–H and O–H groups in total. The van der Waals surface area contributed by atoms with Crippen LogP contribution in [0.5, 0.6) is 0 Å². The Bertz CT molecular complexity index is 996. The summed E-state index contributed by atoms with van der Waals surface area (Å²) in [4.78, 5) is 21.9. The van der Waals surface area contributed by atoms with Gasteiger partial charge in [0.05, 0.1) is 30.8 Å². The maximum absolute atomic E-state index is 12.6. The van der Waals surface area contributed by atoms with Crippen molar-refractivity contribution in [3.05, 3.63) is 53.2 Å². The third-order valence-electron chi connectivity index (χ3n) is 5.36. The fraction of sp³-hybridized carbons (Fsp3) is 0.409. The lowest BCUT2D eigenvalue weighted by molar-refractivity contribution is 0.0522. The fourth-order valence-electron chi connectivity index (χ4n) is 3.70. The number of carbonyl (C=O) groups excluding carboxylic acids is 1. The molecule has 1 saturated heterocycles. The van der Waals surface area contributed by atoms with Crippen LogP contribution in [-0.4, -0.2) is 81.6 Å². The summed E-state index contributed by atoms with van der Waals surface area (Å²) < 4.78 is 7.03. The Morgan fingerprint density at radius 3 is 2.61 bits per heavy atom. The van der Waals surface area contributed by atoms with Gasteiger partial charge in [0.15, 0.2) is 0 Å². The number of hydrogen-bond acceptors (Lipinski definition) is 8. The van der Waals surface area contributed by atoms with Gasteiger partial charge in [0.1, 0.15) is 5.56 Å². The van der Waals surface area contributed by atoms with E-state index in [2.05, 4.69) is 14.9 Å². The van der Waals surface area contributed by atoms with Gasteiger partial charge in [-0.15, -0.1) is 11.3 Å². The van der Waals surface area contributed by atoms with Gasteiger partial charge < -0.3 is 9.84 Å². The maximum atomic E-state index is 12.6. The van der Waals surface area contributed by atoms with Gasteiger partial charge in [0.2, 0.25) is 5.13 Å². The summed E-state index contributed by atoms with van der Waals surface area (Å²) in [5.74, 6) is -0.359. The van der Waals surface area contributed by atoms with E-state index < -0.39 is 0 Å². The van der Waals surface area contributed by atoms with Crippen LogP contribution >= 0.6 is 11.3 Å². The molecule has 0 spiro atoms. The van der Waals surface area contributed by atoms with Gasteiger partial charge in [0, 0.05) is 50.2 Å². The lowest BCUT2D eigenvalue weighted by Gasteiger charge is -2.34. The number of aliphatic hydroxyl groups is 1. The summed E-state index contributed by atoms with van der Waals surface area (Å²) in [5.41, 5.74) is 3.21. The first kappa shape index (κ1) is 21.6. The third kappa shape index (κ3) is 5.01. The van der Waals surface area contributed by atoms with Gasteiger partial charge in [-0.3, -0.25) is 9.80 Å². The second-order valence-corrected chi connectivity index (χ2v) is 8.20. The number of β-amino-alcohol motifs (C(OH)–C–C–N with tert-alkyl or cyclic N) is 1. The number of rotatable bonds is 8. The molecular formula is C22H27N5O3S. The molecule has 1 aliphatic heterocycles. The molecule has 4 rings (SSSR count).